The van der Waals surface area contributed by atoms with Gasteiger partial charge in [0.05, 0.1) is 0 Å². The Hall–Kier alpha value is -3.25. The quantitative estimate of drug-likeness (QED) is 0.300. The summed E-state index contributed by atoms with van der Waals surface area (Å²) in [5.41, 5.74) is 4.45. The van der Waals surface area contributed by atoms with Gasteiger partial charge in [-0.25, -0.2) is 4.39 Å². The zero-order valence-electron chi connectivity index (χ0n) is 17.5. The van der Waals surface area contributed by atoms with Crippen molar-refractivity contribution in [3.8, 4) is 12.3 Å². The van der Waals surface area contributed by atoms with E-state index in [1.807, 2.05) is 43.3 Å². The topological polar surface area (TPSA) is 29.4 Å². The largest absolute Gasteiger partial charge is 0.292 e. The number of nitrogens with zero attached hydrogens (tertiary/aromatic N) is 1. The van der Waals surface area contributed by atoms with E-state index in [-0.39, 0.29) is 23.9 Å². The van der Waals surface area contributed by atoms with Gasteiger partial charge in [0.25, 0.3) is 0 Å². The number of rotatable bonds is 8. The van der Waals surface area contributed by atoms with E-state index < -0.39 is 0 Å². The summed E-state index contributed by atoms with van der Waals surface area (Å²) < 4.78 is 15.0. The van der Waals surface area contributed by atoms with Gasteiger partial charge in [-0.15, -0.1) is 13.0 Å². The number of carbonyl (C=O) groups excluding carboxylic acids is 1. The molecule has 152 valence electrons. The van der Waals surface area contributed by atoms with Crippen LogP contribution in [0.5, 0.6) is 0 Å². The summed E-state index contributed by atoms with van der Waals surface area (Å²) in [6, 6.07) is 13.0. The normalized spacial score (nSPS) is 15.4. The van der Waals surface area contributed by atoms with Crippen molar-refractivity contribution in [3.05, 3.63) is 89.3 Å². The molecule has 2 aromatic rings. The maximum atomic E-state index is 15.0. The summed E-state index contributed by atoms with van der Waals surface area (Å²) in [6.45, 7) is 5.58. The first-order valence-electron chi connectivity index (χ1n) is 10.2. The molecule has 1 atom stereocenters. The first kappa shape index (κ1) is 21.5. The van der Waals surface area contributed by atoms with Crippen LogP contribution in [0.4, 0.5) is 4.39 Å². The second-order valence-electron chi connectivity index (χ2n) is 7.62. The molecule has 0 bridgehead atoms. The van der Waals surface area contributed by atoms with Gasteiger partial charge in [-0.05, 0) is 65.3 Å². The number of hydrogen-bond acceptors (Lipinski definition) is 2. The van der Waals surface area contributed by atoms with E-state index in [0.29, 0.717) is 17.2 Å². The summed E-state index contributed by atoms with van der Waals surface area (Å²) >= 11 is 0. The van der Waals surface area contributed by atoms with Crippen LogP contribution in [0.3, 0.4) is 0 Å². The Kier molecular flexibility index (Phi) is 6.79. The number of hydrogen-bond donors (Lipinski definition) is 0. The van der Waals surface area contributed by atoms with Gasteiger partial charge in [0, 0.05) is 24.9 Å². The van der Waals surface area contributed by atoms with Crippen molar-refractivity contribution in [1.82, 2.24) is 0 Å². The van der Waals surface area contributed by atoms with E-state index in [1.54, 1.807) is 25.3 Å². The maximum absolute atomic E-state index is 15.0. The molecule has 1 saturated carbocycles. The van der Waals surface area contributed by atoms with Crippen LogP contribution in [0.1, 0.15) is 60.3 Å². The highest BCUT2D eigenvalue weighted by Gasteiger charge is 2.26. The Bertz CT molecular complexity index is 1050. The van der Waals surface area contributed by atoms with E-state index in [1.165, 1.54) is 0 Å². The highest BCUT2D eigenvalue weighted by Crippen LogP contribution is 2.42. The lowest BCUT2D eigenvalue weighted by molar-refractivity contribution is -0.112. The van der Waals surface area contributed by atoms with Gasteiger partial charge in [-0.2, -0.15) is 0 Å². The van der Waals surface area contributed by atoms with Crippen LogP contribution in [0, 0.1) is 18.2 Å². The number of aliphatic imine (C=N–C) groups is 1. The molecular weight excluding hydrogens is 373 g/mol. The smallest absolute Gasteiger partial charge is 0.184 e. The summed E-state index contributed by atoms with van der Waals surface area (Å²) in [5.74, 6) is 2.48. The van der Waals surface area contributed by atoms with Crippen molar-refractivity contribution in [1.29, 1.82) is 0 Å². The molecule has 30 heavy (non-hydrogen) atoms. The fourth-order valence-corrected chi connectivity index (χ4v) is 3.60. The second kappa shape index (κ2) is 9.50. The zero-order valence-corrected chi connectivity index (χ0v) is 17.5. The highest BCUT2D eigenvalue weighted by atomic mass is 19.1. The van der Waals surface area contributed by atoms with E-state index in [9.17, 15) is 4.79 Å². The van der Waals surface area contributed by atoms with Crippen LogP contribution < -0.4 is 0 Å². The summed E-state index contributed by atoms with van der Waals surface area (Å²) in [7, 11) is 1.58. The molecule has 0 aliphatic heterocycles. The zero-order chi connectivity index (χ0) is 21.7. The second-order valence-corrected chi connectivity index (χ2v) is 7.62. The van der Waals surface area contributed by atoms with Crippen molar-refractivity contribution in [2.75, 3.05) is 7.05 Å². The van der Waals surface area contributed by atoms with E-state index >= 15 is 4.39 Å². The molecule has 1 fully saturated rings. The summed E-state index contributed by atoms with van der Waals surface area (Å²) in [6.07, 6.45) is 11.3. The van der Waals surface area contributed by atoms with Crippen molar-refractivity contribution in [2.24, 2.45) is 4.99 Å². The fourth-order valence-electron chi connectivity index (χ4n) is 3.60. The Morgan fingerprint density at radius 3 is 2.53 bits per heavy atom. The average molecular weight is 400 g/mol. The van der Waals surface area contributed by atoms with Crippen LogP contribution in [-0.4, -0.2) is 18.5 Å². The molecule has 1 aliphatic rings. The van der Waals surface area contributed by atoms with Crippen molar-refractivity contribution < 1.29 is 9.18 Å². The molecule has 1 aliphatic carbocycles. The predicted molar refractivity (Wildman–Crippen MR) is 122 cm³/mol. The van der Waals surface area contributed by atoms with Crippen LogP contribution in [-0.2, 0) is 4.79 Å². The summed E-state index contributed by atoms with van der Waals surface area (Å²) in [4.78, 5) is 16.6. The minimum absolute atomic E-state index is 0.123. The minimum atomic E-state index is -0.275. The van der Waals surface area contributed by atoms with Crippen LogP contribution in [0.15, 0.2) is 66.2 Å². The number of terminal acetylenes is 1. The number of halogens is 1. The number of carbonyl (C=O) groups is 1. The molecule has 3 rings (SSSR count). The van der Waals surface area contributed by atoms with E-state index in [4.69, 9.17) is 6.42 Å². The van der Waals surface area contributed by atoms with Gasteiger partial charge >= 0.3 is 0 Å². The molecule has 0 N–H and O–H groups in total. The molecule has 2 aromatic carbocycles. The molecular formula is C27H26FNO. The Morgan fingerprint density at radius 1 is 1.30 bits per heavy atom. The molecule has 0 radical (unpaired) electrons. The SMILES string of the molecule is C#Cc1ccc(/C(=C/C(=NC)C(=O)CC=C)[C@H](C)c2ccc(C3CC3)cc2F)cc1. The summed E-state index contributed by atoms with van der Waals surface area (Å²) in [5, 5.41) is 0. The average Bonchev–Trinajstić information content (AvgIpc) is 3.60. The molecule has 3 heteroatoms. The predicted octanol–water partition coefficient (Wildman–Crippen LogP) is 6.09. The molecule has 0 heterocycles. The van der Waals surface area contributed by atoms with Gasteiger partial charge in [-0.1, -0.05) is 43.2 Å². The lowest BCUT2D eigenvalue weighted by Crippen LogP contribution is -2.12. The molecule has 0 spiro atoms. The van der Waals surface area contributed by atoms with Crippen molar-refractivity contribution >= 4 is 17.1 Å². The van der Waals surface area contributed by atoms with Crippen molar-refractivity contribution in [2.45, 2.75) is 38.0 Å². The van der Waals surface area contributed by atoms with Gasteiger partial charge in [0.2, 0.25) is 0 Å². The molecule has 2 nitrogen and oxygen atoms in total. The third-order valence-corrected chi connectivity index (χ3v) is 5.54. The Morgan fingerprint density at radius 2 is 2.00 bits per heavy atom. The monoisotopic (exact) mass is 399 g/mol. The maximum Gasteiger partial charge on any atom is 0.184 e. The van der Waals surface area contributed by atoms with Gasteiger partial charge in [0.15, 0.2) is 5.78 Å². The Labute approximate surface area is 178 Å². The van der Waals surface area contributed by atoms with Crippen LogP contribution >= 0.6 is 0 Å². The molecule has 0 unspecified atom stereocenters. The molecule has 0 amide bonds. The lowest BCUT2D eigenvalue weighted by Gasteiger charge is -2.19. The van der Waals surface area contributed by atoms with E-state index in [0.717, 1.165) is 35.1 Å². The third kappa shape index (κ3) is 4.83. The minimum Gasteiger partial charge on any atom is -0.292 e. The highest BCUT2D eigenvalue weighted by molar-refractivity contribution is 6.45. The van der Waals surface area contributed by atoms with Gasteiger partial charge in [-0.3, -0.25) is 9.79 Å². The molecule has 0 saturated heterocycles. The number of ketones is 1. The lowest BCUT2D eigenvalue weighted by atomic mass is 9.85. The number of Topliss-reactive ketones (excluding diaryl/α,β-unsaturated/α-hetero) is 1. The molecule has 0 aromatic heterocycles. The number of allylic oxidation sites excluding steroid dienone is 3. The first-order chi connectivity index (χ1) is 14.5. The van der Waals surface area contributed by atoms with Gasteiger partial charge < -0.3 is 0 Å². The number of benzene rings is 2. The van der Waals surface area contributed by atoms with Crippen LogP contribution in [0.25, 0.3) is 5.57 Å². The van der Waals surface area contributed by atoms with E-state index in [2.05, 4.69) is 17.5 Å². The van der Waals surface area contributed by atoms with Gasteiger partial charge in [0.1, 0.15) is 11.5 Å². The fraction of sp³-hybridized carbons (Fsp3) is 0.259. The van der Waals surface area contributed by atoms with Crippen molar-refractivity contribution in [3.63, 3.8) is 0 Å². The Balaban J connectivity index is 2.05. The third-order valence-electron chi connectivity index (χ3n) is 5.54. The first-order valence-corrected chi connectivity index (χ1v) is 10.2. The standard InChI is InChI=1S/C27H26FNO/c1-5-7-27(30)26(29-4)17-24(21-10-8-19(6-2)9-11-21)18(3)23-15-14-22(16-25(23)28)20-12-13-20/h2,5,8-11,14-18,20H,1,7,12-13H2,3-4H3/b24-17+,29-26?/t18-/m1/s1. The van der Waals surface area contributed by atoms with Crippen LogP contribution in [0.2, 0.25) is 0 Å².